The lowest BCUT2D eigenvalue weighted by Crippen LogP contribution is -2.30. The molecule has 18 heavy (non-hydrogen) atoms. The first-order valence-corrected chi connectivity index (χ1v) is 5.24. The third-order valence-electron chi connectivity index (χ3n) is 2.50. The predicted molar refractivity (Wildman–Crippen MR) is 63.8 cm³/mol. The summed E-state index contributed by atoms with van der Waals surface area (Å²) in [5.41, 5.74) is -0.132. The van der Waals surface area contributed by atoms with E-state index in [4.69, 9.17) is 10.0 Å². The van der Waals surface area contributed by atoms with E-state index in [2.05, 4.69) is 4.98 Å². The molecule has 0 spiro atoms. The van der Waals surface area contributed by atoms with Gasteiger partial charge in [-0.25, -0.2) is 14.2 Å². The topological polar surface area (TPSA) is 75.4 Å². The van der Waals surface area contributed by atoms with Crippen molar-refractivity contribution in [1.29, 1.82) is 0 Å². The molecular formula is C11H10BFN2O3. The van der Waals surface area contributed by atoms with Gasteiger partial charge < -0.3 is 10.0 Å². The molecular weight excluding hydrogens is 238 g/mol. The van der Waals surface area contributed by atoms with Crippen LogP contribution in [0.15, 0.2) is 41.5 Å². The van der Waals surface area contributed by atoms with E-state index in [1.54, 1.807) is 6.07 Å². The van der Waals surface area contributed by atoms with Crippen molar-refractivity contribution >= 4 is 12.6 Å². The van der Waals surface area contributed by atoms with Crippen molar-refractivity contribution < 1.29 is 14.4 Å². The molecule has 0 aliphatic carbocycles. The molecule has 0 aliphatic heterocycles. The lowest BCUT2D eigenvalue weighted by atomic mass is 9.80. The van der Waals surface area contributed by atoms with E-state index in [-0.39, 0.29) is 17.6 Å². The van der Waals surface area contributed by atoms with Gasteiger partial charge in [-0.1, -0.05) is 12.1 Å². The van der Waals surface area contributed by atoms with Crippen LogP contribution in [-0.2, 0) is 6.54 Å². The quantitative estimate of drug-likeness (QED) is 0.691. The lowest BCUT2D eigenvalue weighted by Gasteiger charge is -2.07. The second kappa shape index (κ2) is 5.11. The van der Waals surface area contributed by atoms with Gasteiger partial charge in [-0.3, -0.25) is 4.57 Å². The Balaban J connectivity index is 2.31. The minimum Gasteiger partial charge on any atom is -0.423 e. The molecule has 0 radical (unpaired) electrons. The molecule has 0 amide bonds. The molecule has 0 saturated heterocycles. The van der Waals surface area contributed by atoms with Crippen LogP contribution in [0.4, 0.5) is 4.39 Å². The van der Waals surface area contributed by atoms with Crippen molar-refractivity contribution in [2.45, 2.75) is 6.54 Å². The zero-order chi connectivity index (χ0) is 13.1. The van der Waals surface area contributed by atoms with Gasteiger partial charge in [0.2, 0.25) is 0 Å². The average Bonchev–Trinajstić information content (AvgIpc) is 2.34. The Bertz CT molecular complexity index is 615. The summed E-state index contributed by atoms with van der Waals surface area (Å²) in [4.78, 5) is 14.9. The number of hydrogen-bond donors (Lipinski definition) is 2. The smallest absolute Gasteiger partial charge is 0.423 e. The highest BCUT2D eigenvalue weighted by Gasteiger charge is 2.13. The van der Waals surface area contributed by atoms with Gasteiger partial charge in [-0.15, -0.1) is 0 Å². The average molecular weight is 248 g/mol. The van der Waals surface area contributed by atoms with E-state index in [1.807, 2.05) is 0 Å². The fourth-order valence-corrected chi connectivity index (χ4v) is 1.54. The maximum atomic E-state index is 13.7. The number of aromatic nitrogens is 2. The number of halogens is 1. The Morgan fingerprint density at radius 2 is 2.17 bits per heavy atom. The van der Waals surface area contributed by atoms with Crippen LogP contribution < -0.4 is 11.2 Å². The van der Waals surface area contributed by atoms with E-state index in [1.165, 1.54) is 29.1 Å². The van der Waals surface area contributed by atoms with Gasteiger partial charge in [0.05, 0.1) is 6.54 Å². The second-order valence-electron chi connectivity index (χ2n) is 3.75. The van der Waals surface area contributed by atoms with Crippen molar-refractivity contribution in [2.75, 3.05) is 0 Å². The van der Waals surface area contributed by atoms with Crippen LogP contribution in [0.25, 0.3) is 0 Å². The predicted octanol–water partition coefficient (Wildman–Crippen LogP) is -0.889. The van der Waals surface area contributed by atoms with E-state index in [9.17, 15) is 9.18 Å². The van der Waals surface area contributed by atoms with Gasteiger partial charge in [0, 0.05) is 18.0 Å². The molecule has 0 aliphatic rings. The molecule has 0 bridgehead atoms. The minimum absolute atomic E-state index is 0.0420. The van der Waals surface area contributed by atoms with Gasteiger partial charge in [-0.2, -0.15) is 0 Å². The molecule has 0 atom stereocenters. The van der Waals surface area contributed by atoms with Crippen molar-refractivity contribution in [3.63, 3.8) is 0 Å². The van der Waals surface area contributed by atoms with E-state index >= 15 is 0 Å². The Labute approximate surface area is 102 Å². The SMILES string of the molecule is O=c1ncccn1Cc1ccc(B(O)O)cc1F. The van der Waals surface area contributed by atoms with Crippen LogP contribution in [0.3, 0.4) is 0 Å². The Hall–Kier alpha value is -1.99. The maximum absolute atomic E-state index is 13.7. The van der Waals surface area contributed by atoms with Gasteiger partial charge in [-0.05, 0) is 17.6 Å². The normalized spacial score (nSPS) is 10.4. The summed E-state index contributed by atoms with van der Waals surface area (Å²) in [5.74, 6) is -0.601. The van der Waals surface area contributed by atoms with Crippen LogP contribution in [-0.4, -0.2) is 26.7 Å². The summed E-state index contributed by atoms with van der Waals surface area (Å²) in [5, 5.41) is 17.8. The maximum Gasteiger partial charge on any atom is 0.488 e. The van der Waals surface area contributed by atoms with E-state index in [0.29, 0.717) is 0 Å². The molecule has 7 heteroatoms. The first-order chi connectivity index (χ1) is 8.58. The van der Waals surface area contributed by atoms with Crippen molar-refractivity contribution in [3.05, 3.63) is 58.5 Å². The van der Waals surface area contributed by atoms with Crippen LogP contribution in [0.2, 0.25) is 0 Å². The van der Waals surface area contributed by atoms with Crippen molar-refractivity contribution in [3.8, 4) is 0 Å². The largest absolute Gasteiger partial charge is 0.488 e. The monoisotopic (exact) mass is 248 g/mol. The fourth-order valence-electron chi connectivity index (χ4n) is 1.54. The first-order valence-electron chi connectivity index (χ1n) is 5.24. The van der Waals surface area contributed by atoms with Crippen LogP contribution in [0.1, 0.15) is 5.56 Å². The fraction of sp³-hybridized carbons (Fsp3) is 0.0909. The molecule has 1 aromatic carbocycles. The number of benzene rings is 1. The number of hydrogen-bond acceptors (Lipinski definition) is 4. The molecule has 2 N–H and O–H groups in total. The summed E-state index contributed by atoms with van der Waals surface area (Å²) in [7, 11) is -1.71. The summed E-state index contributed by atoms with van der Waals surface area (Å²) in [6.07, 6.45) is 2.87. The molecule has 5 nitrogen and oxygen atoms in total. The zero-order valence-electron chi connectivity index (χ0n) is 9.32. The molecule has 0 unspecified atom stereocenters. The van der Waals surface area contributed by atoms with Crippen LogP contribution >= 0.6 is 0 Å². The summed E-state index contributed by atoms with van der Waals surface area (Å²) < 4.78 is 14.9. The van der Waals surface area contributed by atoms with Crippen molar-refractivity contribution in [2.24, 2.45) is 0 Å². The van der Waals surface area contributed by atoms with Gasteiger partial charge >= 0.3 is 12.8 Å². The molecule has 2 aromatic rings. The number of rotatable bonds is 3. The van der Waals surface area contributed by atoms with Gasteiger partial charge in [0.15, 0.2) is 0 Å². The Morgan fingerprint density at radius 3 is 2.78 bits per heavy atom. The second-order valence-corrected chi connectivity index (χ2v) is 3.75. The molecule has 1 aromatic heterocycles. The van der Waals surface area contributed by atoms with E-state index < -0.39 is 18.6 Å². The highest BCUT2D eigenvalue weighted by Crippen LogP contribution is 2.06. The third-order valence-corrected chi connectivity index (χ3v) is 2.50. The van der Waals surface area contributed by atoms with Crippen molar-refractivity contribution in [1.82, 2.24) is 9.55 Å². The third kappa shape index (κ3) is 2.64. The summed E-state index contributed by atoms with van der Waals surface area (Å²) in [6.45, 7) is 0.0420. The zero-order valence-corrected chi connectivity index (χ0v) is 9.32. The minimum atomic E-state index is -1.71. The Morgan fingerprint density at radius 1 is 1.39 bits per heavy atom. The molecule has 0 saturated carbocycles. The molecule has 2 rings (SSSR count). The van der Waals surface area contributed by atoms with Crippen LogP contribution in [0.5, 0.6) is 0 Å². The first kappa shape index (κ1) is 12.5. The Kier molecular flexibility index (Phi) is 3.54. The lowest BCUT2D eigenvalue weighted by molar-refractivity contribution is 0.425. The van der Waals surface area contributed by atoms with Gasteiger partial charge in [0.1, 0.15) is 5.82 Å². The van der Waals surface area contributed by atoms with E-state index in [0.717, 1.165) is 6.07 Å². The number of nitrogens with zero attached hydrogens (tertiary/aromatic N) is 2. The molecule has 0 fully saturated rings. The standard InChI is InChI=1S/C11H10BFN2O3/c13-10-6-9(12(17)18)3-2-8(10)7-15-5-1-4-14-11(15)16/h1-6,17-18H,7H2. The van der Waals surface area contributed by atoms with Crippen LogP contribution in [0, 0.1) is 5.82 Å². The highest BCUT2D eigenvalue weighted by atomic mass is 19.1. The highest BCUT2D eigenvalue weighted by molar-refractivity contribution is 6.58. The summed E-state index contributed by atoms with van der Waals surface area (Å²) >= 11 is 0. The molecule has 1 heterocycles. The van der Waals surface area contributed by atoms with Gasteiger partial charge in [0.25, 0.3) is 0 Å². The molecule has 92 valence electrons. The summed E-state index contributed by atoms with van der Waals surface area (Å²) in [6, 6.07) is 5.40.